The fourth-order valence-electron chi connectivity index (χ4n) is 1.64. The summed E-state index contributed by atoms with van der Waals surface area (Å²) in [6, 6.07) is 9.00. The molecule has 0 spiro atoms. The second kappa shape index (κ2) is 5.23. The van der Waals surface area contributed by atoms with Crippen LogP contribution in [0.15, 0.2) is 36.0 Å². The number of hydrogen-bond acceptors (Lipinski definition) is 3. The Morgan fingerprint density at radius 1 is 1.44 bits per heavy atom. The number of nitrogens with zero attached hydrogens (tertiary/aromatic N) is 1. The number of benzene rings is 1. The van der Waals surface area contributed by atoms with E-state index in [2.05, 4.69) is 48.4 Å². The smallest absolute Gasteiger partial charge is 0.0794 e. The van der Waals surface area contributed by atoms with Crippen LogP contribution in [0.2, 0.25) is 0 Å². The van der Waals surface area contributed by atoms with E-state index in [1.54, 1.807) is 11.3 Å². The van der Waals surface area contributed by atoms with Gasteiger partial charge in [0.1, 0.15) is 0 Å². The van der Waals surface area contributed by atoms with Crippen LogP contribution in [0.5, 0.6) is 0 Å². The summed E-state index contributed by atoms with van der Waals surface area (Å²) in [5.74, 6) is 0. The maximum atomic E-state index is 4.07. The molecule has 0 unspecified atom stereocenters. The van der Waals surface area contributed by atoms with Crippen molar-refractivity contribution in [3.63, 3.8) is 0 Å². The van der Waals surface area contributed by atoms with Crippen molar-refractivity contribution in [2.24, 2.45) is 0 Å². The topological polar surface area (TPSA) is 24.9 Å². The normalized spacial score (nSPS) is 12.6. The molecule has 0 saturated heterocycles. The Morgan fingerprint density at radius 2 is 2.31 bits per heavy atom. The summed E-state index contributed by atoms with van der Waals surface area (Å²) in [5, 5.41) is 3.50. The highest BCUT2D eigenvalue weighted by molar-refractivity contribution is 7.09. The average molecular weight is 232 g/mol. The van der Waals surface area contributed by atoms with Crippen LogP contribution in [0, 0.1) is 6.92 Å². The van der Waals surface area contributed by atoms with E-state index in [4.69, 9.17) is 0 Å². The van der Waals surface area contributed by atoms with Gasteiger partial charge >= 0.3 is 0 Å². The van der Waals surface area contributed by atoms with Gasteiger partial charge in [0.25, 0.3) is 0 Å². The van der Waals surface area contributed by atoms with E-state index in [0.717, 1.165) is 6.54 Å². The molecule has 2 aromatic rings. The number of thiazole rings is 1. The van der Waals surface area contributed by atoms with Gasteiger partial charge in [0, 0.05) is 23.7 Å². The summed E-state index contributed by atoms with van der Waals surface area (Å²) in [7, 11) is 0. The highest BCUT2D eigenvalue weighted by Crippen LogP contribution is 2.15. The Balaban J connectivity index is 1.95. The van der Waals surface area contributed by atoms with Gasteiger partial charge in [0.15, 0.2) is 0 Å². The third-order valence-corrected chi connectivity index (χ3v) is 3.39. The molecule has 0 aliphatic rings. The molecule has 0 aliphatic carbocycles. The molecule has 0 saturated carbocycles. The lowest BCUT2D eigenvalue weighted by Crippen LogP contribution is -2.17. The summed E-state index contributed by atoms with van der Waals surface area (Å²) in [5.41, 5.74) is 4.52. The number of aryl methyl sites for hydroxylation is 1. The van der Waals surface area contributed by atoms with E-state index >= 15 is 0 Å². The molecule has 0 amide bonds. The first kappa shape index (κ1) is 11.3. The summed E-state index contributed by atoms with van der Waals surface area (Å²) < 4.78 is 0. The number of nitrogens with one attached hydrogen (secondary N) is 1. The fraction of sp³-hybridized carbons (Fsp3) is 0.308. The fourth-order valence-corrected chi connectivity index (χ4v) is 2.19. The summed E-state index contributed by atoms with van der Waals surface area (Å²) in [6.07, 6.45) is 1.92. The molecular formula is C13H16N2S. The van der Waals surface area contributed by atoms with Crippen LogP contribution >= 0.6 is 11.3 Å². The lowest BCUT2D eigenvalue weighted by molar-refractivity contribution is 0.578. The minimum absolute atomic E-state index is 0.377. The van der Waals surface area contributed by atoms with Crippen LogP contribution in [-0.2, 0) is 6.54 Å². The highest BCUT2D eigenvalue weighted by atomic mass is 32.1. The maximum absolute atomic E-state index is 4.07. The first-order valence-corrected chi connectivity index (χ1v) is 6.31. The lowest BCUT2D eigenvalue weighted by atomic mass is 10.1. The van der Waals surface area contributed by atoms with Crippen molar-refractivity contribution in [1.82, 2.24) is 10.3 Å². The Kier molecular flexibility index (Phi) is 3.70. The molecule has 2 rings (SSSR count). The second-order valence-electron chi connectivity index (χ2n) is 3.98. The summed E-state index contributed by atoms with van der Waals surface area (Å²) >= 11 is 1.69. The predicted octanol–water partition coefficient (Wildman–Crippen LogP) is 3.30. The SMILES string of the molecule is Cc1cccc([C@@H](C)NCc2cncs2)c1. The monoisotopic (exact) mass is 232 g/mol. The molecule has 16 heavy (non-hydrogen) atoms. The molecule has 1 aromatic carbocycles. The van der Waals surface area contributed by atoms with E-state index in [0.29, 0.717) is 6.04 Å². The van der Waals surface area contributed by atoms with Crippen LogP contribution in [0.4, 0.5) is 0 Å². The van der Waals surface area contributed by atoms with Gasteiger partial charge in [-0.25, -0.2) is 0 Å². The molecule has 0 fully saturated rings. The van der Waals surface area contributed by atoms with Gasteiger partial charge < -0.3 is 5.32 Å². The minimum Gasteiger partial charge on any atom is -0.305 e. The molecular weight excluding hydrogens is 216 g/mol. The van der Waals surface area contributed by atoms with Gasteiger partial charge in [-0.15, -0.1) is 11.3 Å². The maximum Gasteiger partial charge on any atom is 0.0794 e. The van der Waals surface area contributed by atoms with Crippen molar-refractivity contribution in [2.45, 2.75) is 26.4 Å². The Bertz CT molecular complexity index is 437. The largest absolute Gasteiger partial charge is 0.305 e. The molecule has 84 valence electrons. The van der Waals surface area contributed by atoms with Gasteiger partial charge in [-0.2, -0.15) is 0 Å². The number of aromatic nitrogens is 1. The van der Waals surface area contributed by atoms with Crippen molar-refractivity contribution < 1.29 is 0 Å². The van der Waals surface area contributed by atoms with E-state index in [9.17, 15) is 0 Å². The first-order valence-electron chi connectivity index (χ1n) is 5.43. The minimum atomic E-state index is 0.377. The van der Waals surface area contributed by atoms with Crippen LogP contribution < -0.4 is 5.32 Å². The standard InChI is InChI=1S/C13H16N2S/c1-10-4-3-5-12(6-10)11(2)15-8-13-7-14-9-16-13/h3-7,9,11,15H,8H2,1-2H3/t11-/m1/s1. The highest BCUT2D eigenvalue weighted by Gasteiger charge is 2.04. The second-order valence-corrected chi connectivity index (χ2v) is 4.96. The summed E-state index contributed by atoms with van der Waals surface area (Å²) in [4.78, 5) is 5.34. The molecule has 1 heterocycles. The third kappa shape index (κ3) is 2.90. The lowest BCUT2D eigenvalue weighted by Gasteiger charge is -2.13. The van der Waals surface area contributed by atoms with E-state index in [-0.39, 0.29) is 0 Å². The van der Waals surface area contributed by atoms with Gasteiger partial charge in [0.2, 0.25) is 0 Å². The third-order valence-electron chi connectivity index (χ3n) is 2.61. The zero-order valence-corrected chi connectivity index (χ0v) is 10.4. The molecule has 1 aromatic heterocycles. The molecule has 0 bridgehead atoms. The van der Waals surface area contributed by atoms with Gasteiger partial charge in [0.05, 0.1) is 5.51 Å². The zero-order valence-electron chi connectivity index (χ0n) is 9.60. The van der Waals surface area contributed by atoms with Crippen LogP contribution in [0.1, 0.15) is 29.0 Å². The zero-order chi connectivity index (χ0) is 11.4. The van der Waals surface area contributed by atoms with Crippen molar-refractivity contribution in [1.29, 1.82) is 0 Å². The van der Waals surface area contributed by atoms with Crippen LogP contribution in [-0.4, -0.2) is 4.98 Å². The van der Waals surface area contributed by atoms with Gasteiger partial charge in [-0.3, -0.25) is 4.98 Å². The number of rotatable bonds is 4. The molecule has 3 heteroatoms. The predicted molar refractivity (Wildman–Crippen MR) is 68.5 cm³/mol. The average Bonchev–Trinajstić information content (AvgIpc) is 2.78. The van der Waals surface area contributed by atoms with E-state index in [1.165, 1.54) is 16.0 Å². The molecule has 2 nitrogen and oxygen atoms in total. The van der Waals surface area contributed by atoms with Crippen molar-refractivity contribution >= 4 is 11.3 Å². The van der Waals surface area contributed by atoms with E-state index in [1.807, 2.05) is 11.7 Å². The molecule has 0 radical (unpaired) electrons. The molecule has 1 N–H and O–H groups in total. The van der Waals surface area contributed by atoms with Crippen molar-refractivity contribution in [2.75, 3.05) is 0 Å². The molecule has 0 aliphatic heterocycles. The van der Waals surface area contributed by atoms with Crippen LogP contribution in [0.25, 0.3) is 0 Å². The van der Waals surface area contributed by atoms with Crippen molar-refractivity contribution in [3.05, 3.63) is 52.0 Å². The van der Waals surface area contributed by atoms with Gasteiger partial charge in [-0.05, 0) is 19.4 Å². The Morgan fingerprint density at radius 3 is 3.00 bits per heavy atom. The van der Waals surface area contributed by atoms with Gasteiger partial charge in [-0.1, -0.05) is 29.8 Å². The Labute approximate surface area is 100 Å². The summed E-state index contributed by atoms with van der Waals surface area (Å²) in [6.45, 7) is 5.20. The number of hydrogen-bond donors (Lipinski definition) is 1. The van der Waals surface area contributed by atoms with Crippen molar-refractivity contribution in [3.8, 4) is 0 Å². The van der Waals surface area contributed by atoms with Crippen LogP contribution in [0.3, 0.4) is 0 Å². The molecule has 1 atom stereocenters. The quantitative estimate of drug-likeness (QED) is 0.875. The van der Waals surface area contributed by atoms with E-state index < -0.39 is 0 Å². The Hall–Kier alpha value is -1.19. The first-order chi connectivity index (χ1) is 7.75.